The maximum absolute atomic E-state index is 12.8. The fraction of sp³-hybridized carbons (Fsp3) is 0.231. The lowest BCUT2D eigenvalue weighted by molar-refractivity contribution is -0.139. The first-order valence-electron chi connectivity index (χ1n) is 11.0. The molecule has 1 aliphatic carbocycles. The fourth-order valence-electron chi connectivity index (χ4n) is 4.69. The molecular formula is C26H24BNO5. The molecule has 2 aliphatic rings. The fourth-order valence-corrected chi connectivity index (χ4v) is 4.69. The van der Waals surface area contributed by atoms with Gasteiger partial charge in [-0.15, -0.1) is 0 Å². The summed E-state index contributed by atoms with van der Waals surface area (Å²) in [6.45, 7) is 0.382. The average Bonchev–Trinajstić information content (AvgIpc) is 3.31. The van der Waals surface area contributed by atoms with Crippen molar-refractivity contribution < 1.29 is 23.8 Å². The van der Waals surface area contributed by atoms with Crippen molar-refractivity contribution in [2.24, 2.45) is 0 Å². The van der Waals surface area contributed by atoms with E-state index in [1.807, 2.05) is 62.4 Å². The highest BCUT2D eigenvalue weighted by Crippen LogP contribution is 2.43. The van der Waals surface area contributed by atoms with Crippen LogP contribution in [0.4, 0.5) is 4.79 Å². The summed E-state index contributed by atoms with van der Waals surface area (Å²) in [7, 11) is 3.39. The number of rotatable bonds is 6. The molecule has 0 bridgehead atoms. The van der Waals surface area contributed by atoms with Gasteiger partial charge < -0.3 is 14.2 Å². The number of carbonyl (C=O) groups excluding carboxylic acids is 2. The third-order valence-corrected chi connectivity index (χ3v) is 6.23. The number of esters is 1. The highest BCUT2D eigenvalue weighted by molar-refractivity contribution is 6.32. The molecular weight excluding hydrogens is 417 g/mol. The molecule has 3 aromatic carbocycles. The summed E-state index contributed by atoms with van der Waals surface area (Å²) in [6, 6.07) is 21.4. The Morgan fingerprint density at radius 2 is 1.97 bits per heavy atom. The lowest BCUT2D eigenvalue weighted by Gasteiger charge is -2.23. The molecule has 2 atom stereocenters. The summed E-state index contributed by atoms with van der Waals surface area (Å²) in [5.74, 6) is 0.982. The van der Waals surface area contributed by atoms with Crippen LogP contribution >= 0.6 is 0 Å². The monoisotopic (exact) mass is 441 g/mol. The number of amides is 1. The van der Waals surface area contributed by atoms with Gasteiger partial charge in [0.1, 0.15) is 25.4 Å². The quantitative estimate of drug-likeness (QED) is 0.435. The minimum Gasteiger partial charge on any atom is -0.469 e. The van der Waals surface area contributed by atoms with E-state index in [-0.39, 0.29) is 30.6 Å². The minimum absolute atomic E-state index is 0.0922. The molecule has 6 nitrogen and oxygen atoms in total. The van der Waals surface area contributed by atoms with Crippen LogP contribution in [0.15, 0.2) is 66.7 Å². The zero-order chi connectivity index (χ0) is 22.9. The molecule has 7 heteroatoms. The van der Waals surface area contributed by atoms with Crippen molar-refractivity contribution >= 4 is 25.4 Å². The largest absolute Gasteiger partial charge is 0.469 e. The van der Waals surface area contributed by atoms with Gasteiger partial charge in [-0.25, -0.2) is 4.79 Å². The molecule has 1 aliphatic heterocycles. The number of hydrogen-bond acceptors (Lipinski definition) is 5. The zero-order valence-corrected chi connectivity index (χ0v) is 18.6. The molecule has 33 heavy (non-hydrogen) atoms. The maximum atomic E-state index is 12.8. The number of carbonyl (C=O) groups is 2. The van der Waals surface area contributed by atoms with Crippen molar-refractivity contribution in [3.63, 3.8) is 0 Å². The molecule has 166 valence electrons. The highest BCUT2D eigenvalue weighted by Gasteiger charge is 2.47. The van der Waals surface area contributed by atoms with Gasteiger partial charge in [-0.1, -0.05) is 54.0 Å². The number of ether oxygens (including phenoxy) is 3. The van der Waals surface area contributed by atoms with Crippen LogP contribution in [0.2, 0.25) is 0 Å². The lowest BCUT2D eigenvalue weighted by atomic mass is 9.93. The minimum atomic E-state index is -0.304. The van der Waals surface area contributed by atoms with Gasteiger partial charge in [0.05, 0.1) is 26.1 Å². The smallest absolute Gasteiger partial charge is 0.411 e. The van der Waals surface area contributed by atoms with E-state index in [1.165, 1.54) is 12.7 Å². The highest BCUT2D eigenvalue weighted by atomic mass is 16.6. The molecule has 0 saturated carbocycles. The van der Waals surface area contributed by atoms with Gasteiger partial charge in [-0.3, -0.25) is 9.69 Å². The van der Waals surface area contributed by atoms with Crippen molar-refractivity contribution in [2.75, 3.05) is 7.11 Å². The number of methoxy groups -OCH3 is 1. The van der Waals surface area contributed by atoms with Crippen LogP contribution in [0, 0.1) is 0 Å². The molecule has 1 fully saturated rings. The molecule has 3 aromatic rings. The first-order chi connectivity index (χ1) is 16.0. The average molecular weight is 441 g/mol. The van der Waals surface area contributed by atoms with Crippen LogP contribution in [-0.2, 0) is 33.7 Å². The standard InChI is InChI=1S/C26H24BNO5/c1-31-24(29)12-16-5-4-7-20(11-16)32-22-10-9-19(27)13-18(22)15-28-25-21-8-3-2-6-17(21)14-23(25)33-26(28)30/h2-11,13,23,25H,12,14-15,27H2,1H3/t23-,25+/m1/s1. The Bertz CT molecular complexity index is 1230. The van der Waals surface area contributed by atoms with Crippen molar-refractivity contribution in [2.45, 2.75) is 31.5 Å². The van der Waals surface area contributed by atoms with Crippen molar-refractivity contribution in [3.05, 3.63) is 89.0 Å². The Morgan fingerprint density at radius 1 is 1.12 bits per heavy atom. The van der Waals surface area contributed by atoms with Gasteiger partial charge in [-0.05, 0) is 34.9 Å². The van der Waals surface area contributed by atoms with Crippen molar-refractivity contribution in [1.82, 2.24) is 4.90 Å². The Kier molecular flexibility index (Phi) is 5.54. The number of nitrogens with zero attached hydrogens (tertiary/aromatic N) is 1. The van der Waals surface area contributed by atoms with Crippen molar-refractivity contribution in [1.29, 1.82) is 0 Å². The molecule has 1 saturated heterocycles. The zero-order valence-electron chi connectivity index (χ0n) is 18.6. The van der Waals surface area contributed by atoms with Gasteiger partial charge in [0.15, 0.2) is 0 Å². The van der Waals surface area contributed by atoms with Crippen LogP contribution in [0.3, 0.4) is 0 Å². The SMILES string of the molecule is Bc1ccc(Oc2cccc(CC(=O)OC)c2)c(CN2C(=O)O[C@@H]3Cc4ccccc4[C@@H]32)c1. The molecule has 0 spiro atoms. The van der Waals surface area contributed by atoms with Gasteiger partial charge in [0, 0.05) is 12.0 Å². The third-order valence-electron chi connectivity index (χ3n) is 6.23. The summed E-state index contributed by atoms with van der Waals surface area (Å²) in [5.41, 5.74) is 5.16. The second kappa shape index (κ2) is 8.66. The summed E-state index contributed by atoms with van der Waals surface area (Å²) >= 11 is 0. The van der Waals surface area contributed by atoms with E-state index in [1.54, 1.807) is 4.90 Å². The van der Waals surface area contributed by atoms with Gasteiger partial charge in [-0.2, -0.15) is 0 Å². The van der Waals surface area contributed by atoms with E-state index in [4.69, 9.17) is 14.2 Å². The second-order valence-corrected chi connectivity index (χ2v) is 8.51. The summed E-state index contributed by atoms with van der Waals surface area (Å²) in [6.07, 6.45) is 0.468. The summed E-state index contributed by atoms with van der Waals surface area (Å²) in [4.78, 5) is 26.2. The summed E-state index contributed by atoms with van der Waals surface area (Å²) < 4.78 is 16.7. The first-order valence-corrected chi connectivity index (χ1v) is 11.0. The Balaban J connectivity index is 1.41. The van der Waals surface area contributed by atoms with Crippen LogP contribution < -0.4 is 10.2 Å². The molecule has 1 heterocycles. The van der Waals surface area contributed by atoms with Crippen LogP contribution in [0.1, 0.15) is 28.3 Å². The second-order valence-electron chi connectivity index (χ2n) is 8.51. The molecule has 1 amide bonds. The van der Waals surface area contributed by atoms with Crippen LogP contribution in [0.25, 0.3) is 0 Å². The topological polar surface area (TPSA) is 65.1 Å². The number of benzene rings is 3. The molecule has 0 radical (unpaired) electrons. The van der Waals surface area contributed by atoms with E-state index in [9.17, 15) is 9.59 Å². The van der Waals surface area contributed by atoms with Crippen molar-refractivity contribution in [3.8, 4) is 11.5 Å². The Morgan fingerprint density at radius 3 is 2.82 bits per heavy atom. The van der Waals surface area contributed by atoms with Crippen LogP contribution in [0.5, 0.6) is 11.5 Å². The molecule has 5 rings (SSSR count). The first kappa shape index (κ1) is 21.1. The summed E-state index contributed by atoms with van der Waals surface area (Å²) in [5, 5.41) is 0. The third kappa shape index (κ3) is 4.18. The van der Waals surface area contributed by atoms with E-state index in [0.29, 0.717) is 18.0 Å². The van der Waals surface area contributed by atoms with E-state index >= 15 is 0 Å². The van der Waals surface area contributed by atoms with Gasteiger partial charge in [0.25, 0.3) is 0 Å². The lowest BCUT2D eigenvalue weighted by Crippen LogP contribution is -2.28. The predicted octanol–water partition coefficient (Wildman–Crippen LogP) is 3.07. The Hall–Kier alpha value is -3.74. The van der Waals surface area contributed by atoms with Gasteiger partial charge in [0.2, 0.25) is 0 Å². The predicted molar refractivity (Wildman–Crippen MR) is 126 cm³/mol. The Labute approximate surface area is 193 Å². The van der Waals surface area contributed by atoms with E-state index < -0.39 is 0 Å². The molecule has 0 unspecified atom stereocenters. The molecule has 0 N–H and O–H groups in total. The van der Waals surface area contributed by atoms with E-state index in [2.05, 4.69) is 12.1 Å². The molecule has 0 aromatic heterocycles. The maximum Gasteiger partial charge on any atom is 0.411 e. The van der Waals surface area contributed by atoms with E-state index in [0.717, 1.165) is 28.6 Å². The van der Waals surface area contributed by atoms with Gasteiger partial charge >= 0.3 is 12.1 Å². The number of fused-ring (bicyclic) bond motifs is 3. The number of hydrogen-bond donors (Lipinski definition) is 0. The van der Waals surface area contributed by atoms with Crippen LogP contribution in [-0.4, -0.2) is 38.0 Å². The normalized spacial score (nSPS) is 18.5.